The topological polar surface area (TPSA) is 95.9 Å². The summed E-state index contributed by atoms with van der Waals surface area (Å²) in [6, 6.07) is 4.55. The number of aliphatic hydroxyl groups is 1. The minimum atomic E-state index is -0.772. The highest BCUT2D eigenvalue weighted by Crippen LogP contribution is 2.68. The number of thioether (sulfide) groups is 1. The van der Waals surface area contributed by atoms with Crippen molar-refractivity contribution in [2.24, 2.45) is 17.8 Å². The van der Waals surface area contributed by atoms with Crippen molar-refractivity contribution in [2.45, 2.75) is 63.1 Å². The summed E-state index contributed by atoms with van der Waals surface area (Å²) in [4.78, 5) is 41.9. The third-order valence-corrected chi connectivity index (χ3v) is 9.46. The highest BCUT2D eigenvalue weighted by Gasteiger charge is 2.76. The van der Waals surface area contributed by atoms with Gasteiger partial charge in [0.25, 0.3) is 0 Å². The van der Waals surface area contributed by atoms with Gasteiger partial charge in [0.05, 0.1) is 35.8 Å². The van der Waals surface area contributed by atoms with E-state index in [4.69, 9.17) is 4.74 Å². The second-order valence-corrected chi connectivity index (χ2v) is 10.9. The molecule has 7 atom stereocenters. The van der Waals surface area contributed by atoms with Gasteiger partial charge in [-0.15, -0.1) is 11.8 Å². The maximum Gasteiger partial charge on any atom is 0.310 e. The summed E-state index contributed by atoms with van der Waals surface area (Å²) in [5, 5.41) is 12.9. The van der Waals surface area contributed by atoms with Crippen LogP contribution >= 0.6 is 11.8 Å². The Labute approximate surface area is 193 Å². The number of carbonyl (C=O) groups excluding carboxylic acids is 3. The van der Waals surface area contributed by atoms with Crippen LogP contribution in [0.3, 0.4) is 0 Å². The summed E-state index contributed by atoms with van der Waals surface area (Å²) in [5.41, 5.74) is 2.67. The normalized spacial score (nSPS) is 33.9. The molecule has 2 amide bonds. The summed E-state index contributed by atoms with van der Waals surface area (Å²) in [6.45, 7) is 9.46. The fourth-order valence-electron chi connectivity index (χ4n) is 5.90. The van der Waals surface area contributed by atoms with Gasteiger partial charge in [0.15, 0.2) is 0 Å². The van der Waals surface area contributed by atoms with Gasteiger partial charge in [0.2, 0.25) is 11.8 Å². The molecule has 8 heteroatoms. The van der Waals surface area contributed by atoms with E-state index in [9.17, 15) is 19.5 Å². The first-order chi connectivity index (χ1) is 15.2. The molecular weight excluding hydrogens is 428 g/mol. The zero-order chi connectivity index (χ0) is 23.4. The van der Waals surface area contributed by atoms with Gasteiger partial charge in [-0.25, -0.2) is 0 Å². The molecule has 4 rings (SSSR count). The molecule has 0 saturated carbocycles. The molecule has 0 aromatic heterocycles. The Morgan fingerprint density at radius 1 is 1.38 bits per heavy atom. The smallest absolute Gasteiger partial charge is 0.310 e. The molecule has 2 N–H and O–H groups in total. The third-order valence-electron chi connectivity index (χ3n) is 7.38. The minimum Gasteiger partial charge on any atom is -0.466 e. The molecule has 1 spiro atoms. The number of anilines is 1. The Morgan fingerprint density at radius 2 is 2.09 bits per heavy atom. The number of likely N-dealkylation sites (tertiary alicyclic amines) is 1. The number of hydrogen-bond donors (Lipinski definition) is 2. The lowest BCUT2D eigenvalue weighted by Crippen LogP contribution is -2.56. The summed E-state index contributed by atoms with van der Waals surface area (Å²) < 4.78 is 4.62. The van der Waals surface area contributed by atoms with E-state index in [1.807, 2.05) is 32.0 Å². The van der Waals surface area contributed by atoms with Crippen LogP contribution in [-0.2, 0) is 19.1 Å². The number of nitrogens with one attached hydrogen (secondary N) is 1. The zero-order valence-electron chi connectivity index (χ0n) is 19.3. The van der Waals surface area contributed by atoms with Crippen LogP contribution in [0.2, 0.25) is 0 Å². The molecule has 32 heavy (non-hydrogen) atoms. The van der Waals surface area contributed by atoms with Crippen molar-refractivity contribution in [2.75, 3.05) is 18.5 Å². The number of nitrogens with zero attached hydrogens (tertiary/aromatic N) is 1. The monoisotopic (exact) mass is 460 g/mol. The lowest BCUT2D eigenvalue weighted by atomic mass is 9.66. The van der Waals surface area contributed by atoms with E-state index in [0.29, 0.717) is 5.69 Å². The number of hydrogen-bond acceptors (Lipinski definition) is 6. The highest BCUT2D eigenvalue weighted by molar-refractivity contribution is 8.02. The van der Waals surface area contributed by atoms with E-state index in [-0.39, 0.29) is 42.2 Å². The second-order valence-electron chi connectivity index (χ2n) is 9.39. The number of fused-ring (bicyclic) bond motifs is 1. The first-order valence-electron chi connectivity index (χ1n) is 11.3. The molecule has 3 fully saturated rings. The largest absolute Gasteiger partial charge is 0.466 e. The van der Waals surface area contributed by atoms with Crippen LogP contribution in [0.4, 0.5) is 5.69 Å². The third kappa shape index (κ3) is 3.25. The number of rotatable bonds is 6. The molecule has 1 aromatic rings. The van der Waals surface area contributed by atoms with Crippen molar-refractivity contribution in [1.82, 2.24) is 4.90 Å². The SMILES string of the molecule is CCOC(=O)[C@@H]1[C@@H]2CC(C)C3(S2)C(C(=O)Nc2cc(C)ccc2C)N([C@H](C)CO)C(=O)[C@H]13. The van der Waals surface area contributed by atoms with Crippen molar-refractivity contribution in [3.05, 3.63) is 29.3 Å². The minimum absolute atomic E-state index is 0.0411. The average molecular weight is 461 g/mol. The number of amides is 2. The summed E-state index contributed by atoms with van der Waals surface area (Å²) in [5.74, 6) is -1.96. The van der Waals surface area contributed by atoms with Gasteiger partial charge in [-0.05, 0) is 57.2 Å². The molecule has 174 valence electrons. The highest BCUT2D eigenvalue weighted by atomic mass is 32.2. The van der Waals surface area contributed by atoms with E-state index in [1.54, 1.807) is 25.6 Å². The predicted molar refractivity (Wildman–Crippen MR) is 123 cm³/mol. The van der Waals surface area contributed by atoms with Crippen LogP contribution < -0.4 is 5.32 Å². The Hall–Kier alpha value is -2.06. The fraction of sp³-hybridized carbons (Fsp3) is 0.625. The van der Waals surface area contributed by atoms with Crippen molar-refractivity contribution >= 4 is 35.2 Å². The quantitative estimate of drug-likeness (QED) is 0.634. The Balaban J connectivity index is 1.77. The number of ether oxygens (including phenoxy) is 1. The standard InChI is InChI=1S/C24H32N2O5S/c1-6-31-23(30)18-17-10-14(4)24(32-17)19(18)22(29)26(15(5)11-27)20(24)21(28)25-16-9-12(2)7-8-13(16)3/h7-9,14-15,17-20,27H,6,10-11H2,1-5H3,(H,25,28)/t14?,15-,17+,18-,19+,20?,24?/m1/s1. The number of aliphatic hydroxyl groups excluding tert-OH is 1. The molecular formula is C24H32N2O5S. The molecule has 3 aliphatic heterocycles. The van der Waals surface area contributed by atoms with Crippen LogP contribution in [-0.4, -0.2) is 63.1 Å². The molecule has 3 aliphatic rings. The van der Waals surface area contributed by atoms with Gasteiger partial charge in [-0.2, -0.15) is 0 Å². The predicted octanol–water partition coefficient (Wildman–Crippen LogP) is 2.52. The molecule has 0 aliphatic carbocycles. The zero-order valence-corrected chi connectivity index (χ0v) is 20.1. The number of benzene rings is 1. The molecule has 3 unspecified atom stereocenters. The van der Waals surface area contributed by atoms with Crippen molar-refractivity contribution in [3.63, 3.8) is 0 Å². The Morgan fingerprint density at radius 3 is 2.75 bits per heavy atom. The van der Waals surface area contributed by atoms with E-state index >= 15 is 0 Å². The number of carbonyl (C=O) groups is 3. The van der Waals surface area contributed by atoms with Gasteiger partial charge >= 0.3 is 5.97 Å². The van der Waals surface area contributed by atoms with E-state index < -0.39 is 28.7 Å². The molecule has 7 nitrogen and oxygen atoms in total. The molecule has 3 heterocycles. The van der Waals surface area contributed by atoms with Crippen molar-refractivity contribution < 1.29 is 24.2 Å². The van der Waals surface area contributed by atoms with E-state index in [0.717, 1.165) is 17.5 Å². The van der Waals surface area contributed by atoms with E-state index in [1.165, 1.54) is 4.90 Å². The van der Waals surface area contributed by atoms with Crippen molar-refractivity contribution in [1.29, 1.82) is 0 Å². The first-order valence-corrected chi connectivity index (χ1v) is 12.2. The molecule has 1 aromatic carbocycles. The maximum atomic E-state index is 13.8. The Bertz CT molecular complexity index is 952. The molecule has 3 saturated heterocycles. The average Bonchev–Trinajstić information content (AvgIpc) is 3.34. The van der Waals surface area contributed by atoms with Gasteiger partial charge in [0.1, 0.15) is 6.04 Å². The van der Waals surface area contributed by atoms with Crippen molar-refractivity contribution in [3.8, 4) is 0 Å². The summed E-state index contributed by atoms with van der Waals surface area (Å²) in [6.07, 6.45) is 0.756. The maximum absolute atomic E-state index is 13.8. The van der Waals surface area contributed by atoms with Crippen LogP contribution in [0.15, 0.2) is 18.2 Å². The first kappa shape index (κ1) is 23.1. The van der Waals surface area contributed by atoms with Crippen LogP contribution in [0, 0.1) is 31.6 Å². The lowest BCUT2D eigenvalue weighted by Gasteiger charge is -2.39. The number of esters is 1. The van der Waals surface area contributed by atoms with E-state index in [2.05, 4.69) is 12.2 Å². The number of aryl methyl sites for hydroxylation is 2. The van der Waals surface area contributed by atoms with Gasteiger partial charge in [-0.3, -0.25) is 14.4 Å². The van der Waals surface area contributed by atoms with Gasteiger partial charge in [0, 0.05) is 10.9 Å². The lowest BCUT2D eigenvalue weighted by molar-refractivity contribution is -0.154. The Kier molecular flexibility index (Phi) is 6.05. The molecule has 2 bridgehead atoms. The summed E-state index contributed by atoms with van der Waals surface area (Å²) in [7, 11) is 0. The van der Waals surface area contributed by atoms with Gasteiger partial charge < -0.3 is 20.1 Å². The summed E-state index contributed by atoms with van der Waals surface area (Å²) >= 11 is 1.60. The van der Waals surface area contributed by atoms with Gasteiger partial charge in [-0.1, -0.05) is 19.1 Å². The fourth-order valence-corrected chi connectivity index (χ4v) is 8.30. The van der Waals surface area contributed by atoms with Crippen LogP contribution in [0.25, 0.3) is 0 Å². The van der Waals surface area contributed by atoms with Crippen LogP contribution in [0.5, 0.6) is 0 Å². The second kappa shape index (κ2) is 8.37. The van der Waals surface area contributed by atoms with Crippen LogP contribution in [0.1, 0.15) is 38.3 Å². The molecule has 0 radical (unpaired) electrons.